The van der Waals surface area contributed by atoms with Crippen LogP contribution < -0.4 is 10.2 Å². The number of hydrogen-bond donors (Lipinski definition) is 1. The highest BCUT2D eigenvalue weighted by Crippen LogP contribution is 2.30. The van der Waals surface area contributed by atoms with Crippen LogP contribution >= 0.6 is 0 Å². The molecule has 0 aliphatic carbocycles. The number of nitriles is 1. The van der Waals surface area contributed by atoms with E-state index < -0.39 is 0 Å². The zero-order valence-electron chi connectivity index (χ0n) is 16.1. The third-order valence-electron chi connectivity index (χ3n) is 4.88. The van der Waals surface area contributed by atoms with Gasteiger partial charge < -0.3 is 15.1 Å². The predicted molar refractivity (Wildman–Crippen MR) is 105 cm³/mol. The molecule has 7 nitrogen and oxygen atoms in total. The van der Waals surface area contributed by atoms with Crippen LogP contribution in [0.5, 0.6) is 0 Å². The maximum Gasteiger partial charge on any atom is 0.221 e. The number of hydrogen-bond acceptors (Lipinski definition) is 6. The summed E-state index contributed by atoms with van der Waals surface area (Å²) in [5.74, 6) is 0.535. The van der Waals surface area contributed by atoms with Gasteiger partial charge in [0.05, 0.1) is 11.3 Å². The fraction of sp³-hybridized carbons (Fsp3) is 0.500. The van der Waals surface area contributed by atoms with E-state index in [2.05, 4.69) is 33.2 Å². The lowest BCUT2D eigenvalue weighted by molar-refractivity contribution is -0.122. The Morgan fingerprint density at radius 3 is 2.74 bits per heavy atom. The highest BCUT2D eigenvalue weighted by molar-refractivity contribution is 5.92. The van der Waals surface area contributed by atoms with Crippen molar-refractivity contribution >= 4 is 22.6 Å². The number of amides is 1. The number of anilines is 1. The monoisotopic (exact) mass is 366 g/mol. The number of benzene rings is 1. The molecule has 1 amide bonds. The van der Waals surface area contributed by atoms with Crippen molar-refractivity contribution in [3.8, 4) is 6.07 Å². The molecule has 2 aromatic rings. The lowest BCUT2D eigenvalue weighted by Crippen LogP contribution is -2.50. The summed E-state index contributed by atoms with van der Waals surface area (Å²) in [5.41, 5.74) is 2.86. The summed E-state index contributed by atoms with van der Waals surface area (Å²) >= 11 is 0. The molecule has 142 valence electrons. The summed E-state index contributed by atoms with van der Waals surface area (Å²) < 4.78 is 0. The second-order valence-electron chi connectivity index (χ2n) is 7.56. The topological polar surface area (TPSA) is 85.2 Å². The first-order valence-corrected chi connectivity index (χ1v) is 9.30. The van der Waals surface area contributed by atoms with Gasteiger partial charge in [-0.1, -0.05) is 6.92 Å². The van der Waals surface area contributed by atoms with Crippen molar-refractivity contribution in [2.45, 2.75) is 25.8 Å². The van der Waals surface area contributed by atoms with E-state index in [4.69, 9.17) is 0 Å². The molecule has 2 atom stereocenters. The lowest BCUT2D eigenvalue weighted by atomic mass is 9.95. The van der Waals surface area contributed by atoms with Crippen LogP contribution in [0.25, 0.3) is 11.0 Å². The van der Waals surface area contributed by atoms with Crippen molar-refractivity contribution in [1.29, 1.82) is 5.26 Å². The quantitative estimate of drug-likeness (QED) is 0.868. The molecule has 0 radical (unpaired) electrons. The van der Waals surface area contributed by atoms with Crippen LogP contribution in [0.4, 0.5) is 5.69 Å². The molecule has 0 saturated carbocycles. The van der Waals surface area contributed by atoms with E-state index in [0.717, 1.165) is 37.3 Å². The van der Waals surface area contributed by atoms with Crippen molar-refractivity contribution in [2.24, 2.45) is 5.92 Å². The standard InChI is InChI=1S/C20H26N6O/c1-14-10-16(24-18(27)6-9-25(2)3)13-26(12-14)17-5-4-15(11-21)19-20(17)23-8-7-22-19/h4-5,7-8,14,16H,6,9-10,12-13H2,1-3H3,(H,24,27)/t14-,16?/m0/s1. The second kappa shape index (κ2) is 8.31. The molecular formula is C20H26N6O. The Balaban J connectivity index is 1.80. The molecule has 1 N–H and O–H groups in total. The van der Waals surface area contributed by atoms with E-state index in [1.165, 1.54) is 0 Å². The van der Waals surface area contributed by atoms with Gasteiger partial charge in [0.15, 0.2) is 0 Å². The number of aromatic nitrogens is 2. The number of carbonyl (C=O) groups is 1. The van der Waals surface area contributed by atoms with Crippen LogP contribution in [0.2, 0.25) is 0 Å². The maximum atomic E-state index is 12.2. The van der Waals surface area contributed by atoms with Gasteiger partial charge in [-0.05, 0) is 38.6 Å². The number of fused-ring (bicyclic) bond motifs is 1. The van der Waals surface area contributed by atoms with Crippen LogP contribution in [0.3, 0.4) is 0 Å². The fourth-order valence-electron chi connectivity index (χ4n) is 3.67. The summed E-state index contributed by atoms with van der Waals surface area (Å²) in [4.78, 5) is 25.3. The number of carbonyl (C=O) groups excluding carboxylic acids is 1. The van der Waals surface area contributed by atoms with Gasteiger partial charge in [-0.3, -0.25) is 14.8 Å². The predicted octanol–water partition coefficient (Wildman–Crippen LogP) is 1.78. The van der Waals surface area contributed by atoms with E-state index in [-0.39, 0.29) is 11.9 Å². The van der Waals surface area contributed by atoms with Crippen molar-refractivity contribution in [3.63, 3.8) is 0 Å². The molecule has 1 saturated heterocycles. The van der Waals surface area contributed by atoms with E-state index in [0.29, 0.717) is 23.4 Å². The molecule has 1 aromatic carbocycles. The van der Waals surface area contributed by atoms with Crippen molar-refractivity contribution in [1.82, 2.24) is 20.2 Å². The molecule has 1 aliphatic heterocycles. The van der Waals surface area contributed by atoms with Crippen LogP contribution in [-0.2, 0) is 4.79 Å². The first-order valence-electron chi connectivity index (χ1n) is 9.30. The molecule has 2 heterocycles. The fourth-order valence-corrected chi connectivity index (χ4v) is 3.67. The summed E-state index contributed by atoms with van der Waals surface area (Å²) in [6.45, 7) is 4.56. The van der Waals surface area contributed by atoms with Gasteiger partial charge in [-0.2, -0.15) is 5.26 Å². The van der Waals surface area contributed by atoms with Gasteiger partial charge in [0.25, 0.3) is 0 Å². The van der Waals surface area contributed by atoms with Crippen LogP contribution in [-0.4, -0.2) is 60.5 Å². The minimum absolute atomic E-state index is 0.0900. The van der Waals surface area contributed by atoms with Gasteiger partial charge in [-0.25, -0.2) is 0 Å². The number of nitrogens with one attached hydrogen (secondary N) is 1. The molecule has 7 heteroatoms. The van der Waals surface area contributed by atoms with Crippen LogP contribution in [0, 0.1) is 17.2 Å². The Kier molecular flexibility index (Phi) is 5.87. The molecule has 0 spiro atoms. The third-order valence-corrected chi connectivity index (χ3v) is 4.88. The van der Waals surface area contributed by atoms with Gasteiger partial charge in [0, 0.05) is 44.5 Å². The molecule has 0 bridgehead atoms. The van der Waals surface area contributed by atoms with E-state index in [1.54, 1.807) is 18.5 Å². The largest absolute Gasteiger partial charge is 0.367 e. The van der Waals surface area contributed by atoms with Gasteiger partial charge in [0.1, 0.15) is 17.1 Å². The molecular weight excluding hydrogens is 340 g/mol. The average molecular weight is 366 g/mol. The van der Waals surface area contributed by atoms with E-state index in [9.17, 15) is 10.1 Å². The van der Waals surface area contributed by atoms with Crippen LogP contribution in [0.15, 0.2) is 24.5 Å². The Bertz CT molecular complexity index is 859. The SMILES string of the molecule is C[C@H]1CC(NC(=O)CCN(C)C)CN(c2ccc(C#N)c3nccnc23)C1. The van der Waals surface area contributed by atoms with Crippen molar-refractivity contribution < 1.29 is 4.79 Å². The smallest absolute Gasteiger partial charge is 0.221 e. The van der Waals surface area contributed by atoms with Crippen molar-refractivity contribution in [2.75, 3.05) is 38.6 Å². The minimum atomic E-state index is 0.0900. The number of rotatable bonds is 5. The lowest BCUT2D eigenvalue weighted by Gasteiger charge is -2.38. The summed E-state index contributed by atoms with van der Waals surface area (Å²) in [7, 11) is 3.93. The third kappa shape index (κ3) is 4.52. The second-order valence-corrected chi connectivity index (χ2v) is 7.56. The summed E-state index contributed by atoms with van der Waals surface area (Å²) in [6.07, 6.45) is 4.73. The number of piperidine rings is 1. The Hall–Kier alpha value is -2.72. The highest BCUT2D eigenvalue weighted by atomic mass is 16.1. The first-order chi connectivity index (χ1) is 13.0. The molecule has 1 aliphatic rings. The maximum absolute atomic E-state index is 12.2. The van der Waals surface area contributed by atoms with Crippen molar-refractivity contribution in [3.05, 3.63) is 30.1 Å². The first kappa shape index (κ1) is 19.1. The summed E-state index contributed by atoms with van der Waals surface area (Å²) in [5, 5.41) is 12.5. The minimum Gasteiger partial charge on any atom is -0.367 e. The molecule has 1 aromatic heterocycles. The highest BCUT2D eigenvalue weighted by Gasteiger charge is 2.27. The van der Waals surface area contributed by atoms with Gasteiger partial charge >= 0.3 is 0 Å². The van der Waals surface area contributed by atoms with E-state index in [1.807, 2.05) is 25.1 Å². The zero-order chi connectivity index (χ0) is 19.4. The summed E-state index contributed by atoms with van der Waals surface area (Å²) in [6, 6.07) is 6.03. The Labute approximate surface area is 160 Å². The molecule has 3 rings (SSSR count). The van der Waals surface area contributed by atoms with Gasteiger partial charge in [-0.15, -0.1) is 0 Å². The average Bonchev–Trinajstić information content (AvgIpc) is 2.65. The van der Waals surface area contributed by atoms with E-state index >= 15 is 0 Å². The normalized spacial score (nSPS) is 19.9. The molecule has 1 fully saturated rings. The number of nitrogens with zero attached hydrogens (tertiary/aromatic N) is 5. The Morgan fingerprint density at radius 1 is 1.30 bits per heavy atom. The molecule has 1 unspecified atom stereocenters. The zero-order valence-corrected chi connectivity index (χ0v) is 16.1. The molecule has 27 heavy (non-hydrogen) atoms. The van der Waals surface area contributed by atoms with Crippen LogP contribution in [0.1, 0.15) is 25.3 Å². The van der Waals surface area contributed by atoms with Gasteiger partial charge in [0.2, 0.25) is 5.91 Å². The Morgan fingerprint density at radius 2 is 2.04 bits per heavy atom.